The topological polar surface area (TPSA) is 101 Å². The van der Waals surface area contributed by atoms with Crippen LogP contribution in [-0.4, -0.2) is 47.3 Å². The number of ketones is 1. The lowest BCUT2D eigenvalue weighted by Crippen LogP contribution is -2.52. The summed E-state index contributed by atoms with van der Waals surface area (Å²) in [5.74, 6) is -0.622. The highest BCUT2D eigenvalue weighted by Gasteiger charge is 2.41. The Hall–Kier alpha value is -1.15. The van der Waals surface area contributed by atoms with Crippen molar-refractivity contribution in [1.82, 2.24) is 4.90 Å². The number of carbonyl (C=O) groups is 2. The van der Waals surface area contributed by atoms with E-state index in [4.69, 9.17) is 4.74 Å². The van der Waals surface area contributed by atoms with Crippen LogP contribution in [-0.2, 0) is 19.6 Å². The molecule has 0 aromatic rings. The van der Waals surface area contributed by atoms with Crippen molar-refractivity contribution < 1.29 is 27.3 Å². The quantitative estimate of drug-likeness (QED) is 0.775. The van der Waals surface area contributed by atoms with Crippen molar-refractivity contribution in [3.8, 4) is 0 Å². The molecule has 2 unspecified atom stereocenters. The molecule has 1 rings (SSSR count). The van der Waals surface area contributed by atoms with Crippen LogP contribution in [0.4, 0.5) is 4.79 Å². The van der Waals surface area contributed by atoms with Crippen LogP contribution in [0.25, 0.3) is 0 Å². The van der Waals surface area contributed by atoms with E-state index in [1.165, 1.54) is 6.92 Å². The van der Waals surface area contributed by atoms with E-state index in [9.17, 15) is 22.6 Å². The summed E-state index contributed by atoms with van der Waals surface area (Å²) >= 11 is 0. The molecule has 1 aliphatic rings. The second-order valence-electron chi connectivity index (χ2n) is 5.98. The third-order valence-corrected chi connectivity index (χ3v) is 4.23. The Kier molecular flexibility index (Phi) is 4.81. The lowest BCUT2D eigenvalue weighted by Gasteiger charge is -2.37. The number of likely N-dealkylation sites (tertiary alicyclic amines) is 1. The average molecular weight is 307 g/mol. The Labute approximate surface area is 119 Å². The van der Waals surface area contributed by atoms with E-state index >= 15 is 0 Å². The van der Waals surface area contributed by atoms with E-state index in [1.54, 1.807) is 20.8 Å². The number of hydrogen-bond acceptors (Lipinski definition) is 5. The monoisotopic (exact) mass is 307 g/mol. The largest absolute Gasteiger partial charge is 0.444 e. The number of piperidine rings is 1. The molecule has 8 heteroatoms. The number of ether oxygens (including phenoxy) is 1. The van der Waals surface area contributed by atoms with Crippen LogP contribution >= 0.6 is 0 Å². The van der Waals surface area contributed by atoms with Gasteiger partial charge in [-0.3, -0.25) is 14.2 Å². The van der Waals surface area contributed by atoms with Crippen molar-refractivity contribution in [2.75, 3.05) is 6.54 Å². The van der Waals surface area contributed by atoms with Gasteiger partial charge in [0.2, 0.25) is 0 Å². The fourth-order valence-corrected chi connectivity index (χ4v) is 3.10. The molecule has 0 bridgehead atoms. The van der Waals surface area contributed by atoms with Gasteiger partial charge in [-0.25, -0.2) is 4.79 Å². The molecule has 1 fully saturated rings. The summed E-state index contributed by atoms with van der Waals surface area (Å²) in [4.78, 5) is 24.3. The van der Waals surface area contributed by atoms with Gasteiger partial charge in [0.05, 0.1) is 0 Å². The predicted molar refractivity (Wildman–Crippen MR) is 71.7 cm³/mol. The average Bonchev–Trinajstić information content (AvgIpc) is 2.24. The Morgan fingerprint density at radius 3 is 2.25 bits per heavy atom. The molecule has 116 valence electrons. The van der Waals surface area contributed by atoms with Crippen molar-refractivity contribution in [2.24, 2.45) is 5.92 Å². The van der Waals surface area contributed by atoms with Crippen molar-refractivity contribution in [1.29, 1.82) is 0 Å². The third kappa shape index (κ3) is 4.45. The first-order valence-corrected chi connectivity index (χ1v) is 7.88. The molecule has 0 saturated carbocycles. The second kappa shape index (κ2) is 5.69. The maximum absolute atomic E-state index is 12.0. The zero-order valence-corrected chi connectivity index (χ0v) is 12.9. The van der Waals surface area contributed by atoms with Gasteiger partial charge in [0.25, 0.3) is 10.1 Å². The smallest absolute Gasteiger partial charge is 0.411 e. The number of rotatable bonds is 2. The van der Waals surface area contributed by atoms with E-state index in [0.29, 0.717) is 6.42 Å². The summed E-state index contributed by atoms with van der Waals surface area (Å²) < 4.78 is 37.3. The van der Waals surface area contributed by atoms with Gasteiger partial charge >= 0.3 is 6.09 Å². The maximum Gasteiger partial charge on any atom is 0.411 e. The minimum atomic E-state index is -4.47. The predicted octanol–water partition coefficient (Wildman–Crippen LogP) is 1.44. The van der Waals surface area contributed by atoms with Crippen LogP contribution in [0.1, 0.15) is 40.5 Å². The molecule has 0 aromatic heterocycles. The van der Waals surface area contributed by atoms with Gasteiger partial charge in [0, 0.05) is 12.5 Å². The van der Waals surface area contributed by atoms with E-state index < -0.39 is 33.1 Å². The summed E-state index contributed by atoms with van der Waals surface area (Å²) in [7, 11) is -4.47. The Morgan fingerprint density at radius 2 is 1.85 bits per heavy atom. The molecule has 20 heavy (non-hydrogen) atoms. The van der Waals surface area contributed by atoms with Gasteiger partial charge in [-0.15, -0.1) is 0 Å². The molecule has 0 aromatic carbocycles. The van der Waals surface area contributed by atoms with Gasteiger partial charge in [-0.05, 0) is 40.5 Å². The number of hydrogen-bond donors (Lipinski definition) is 1. The first-order chi connectivity index (χ1) is 8.92. The minimum absolute atomic E-state index is 0.0591. The summed E-state index contributed by atoms with van der Waals surface area (Å²) in [5.41, 5.74) is -0.766. The summed E-state index contributed by atoms with van der Waals surface area (Å²) in [6.07, 6.45) is -0.546. The van der Waals surface area contributed by atoms with E-state index in [1.807, 2.05) is 0 Å². The molecule has 1 saturated heterocycles. The lowest BCUT2D eigenvalue weighted by atomic mass is 9.93. The minimum Gasteiger partial charge on any atom is -0.444 e. The molecular weight excluding hydrogens is 286 g/mol. The summed E-state index contributed by atoms with van der Waals surface area (Å²) in [6.45, 7) is 6.42. The molecule has 0 aliphatic carbocycles. The standard InChI is InChI=1S/C12H21NO6S/c1-8(14)9-5-6-13(10(7-9)20(16,17)18)11(15)19-12(2,3)4/h9-10H,5-7H2,1-4H3,(H,16,17,18). The maximum atomic E-state index is 12.0. The SMILES string of the molecule is CC(=O)C1CCN(C(=O)OC(C)(C)C)C(S(=O)(=O)O)C1. The van der Waals surface area contributed by atoms with E-state index in [-0.39, 0.29) is 18.7 Å². The highest BCUT2D eigenvalue weighted by atomic mass is 32.2. The molecular formula is C12H21NO6S. The number of Topliss-reactive ketones (excluding diaryl/α,β-unsaturated/α-hetero) is 1. The van der Waals surface area contributed by atoms with Crippen molar-refractivity contribution in [2.45, 2.75) is 51.5 Å². The molecule has 0 radical (unpaired) electrons. The molecule has 2 atom stereocenters. The van der Waals surface area contributed by atoms with Gasteiger partial charge in [-0.2, -0.15) is 8.42 Å². The molecule has 1 amide bonds. The van der Waals surface area contributed by atoms with Crippen LogP contribution < -0.4 is 0 Å². The number of nitrogens with zero attached hydrogens (tertiary/aromatic N) is 1. The molecule has 1 heterocycles. The summed E-state index contributed by atoms with van der Waals surface area (Å²) in [5, 5.41) is -1.43. The van der Waals surface area contributed by atoms with Gasteiger partial charge < -0.3 is 4.74 Å². The zero-order chi connectivity index (χ0) is 15.7. The van der Waals surface area contributed by atoms with Crippen LogP contribution in [0.5, 0.6) is 0 Å². The highest BCUT2D eigenvalue weighted by Crippen LogP contribution is 2.28. The van der Waals surface area contributed by atoms with Crippen LogP contribution in [0.3, 0.4) is 0 Å². The first-order valence-electron chi connectivity index (χ1n) is 6.38. The first kappa shape index (κ1) is 16.9. The third-order valence-electron chi connectivity index (χ3n) is 3.10. The van der Waals surface area contributed by atoms with E-state index in [0.717, 1.165) is 4.90 Å². The zero-order valence-electron chi connectivity index (χ0n) is 12.1. The van der Waals surface area contributed by atoms with Crippen LogP contribution in [0.2, 0.25) is 0 Å². The van der Waals surface area contributed by atoms with Gasteiger partial charge in [-0.1, -0.05) is 0 Å². The Balaban J connectivity index is 2.95. The van der Waals surface area contributed by atoms with Crippen molar-refractivity contribution in [3.63, 3.8) is 0 Å². The van der Waals surface area contributed by atoms with Crippen molar-refractivity contribution in [3.05, 3.63) is 0 Å². The van der Waals surface area contributed by atoms with Gasteiger partial charge in [0.15, 0.2) is 5.37 Å². The van der Waals surface area contributed by atoms with Crippen molar-refractivity contribution >= 4 is 22.0 Å². The molecule has 1 aliphatic heterocycles. The van der Waals surface area contributed by atoms with Crippen LogP contribution in [0, 0.1) is 5.92 Å². The highest BCUT2D eigenvalue weighted by molar-refractivity contribution is 7.86. The molecule has 7 nitrogen and oxygen atoms in total. The number of amides is 1. The van der Waals surface area contributed by atoms with E-state index in [2.05, 4.69) is 0 Å². The Bertz CT molecular complexity index is 493. The van der Waals surface area contributed by atoms with Crippen LogP contribution in [0.15, 0.2) is 0 Å². The fourth-order valence-electron chi connectivity index (χ4n) is 2.11. The summed E-state index contributed by atoms with van der Waals surface area (Å²) in [6, 6.07) is 0. The fraction of sp³-hybridized carbons (Fsp3) is 0.833. The second-order valence-corrected chi connectivity index (χ2v) is 7.55. The number of carbonyl (C=O) groups excluding carboxylic acids is 2. The lowest BCUT2D eigenvalue weighted by molar-refractivity contribution is -0.122. The molecule has 0 spiro atoms. The Morgan fingerprint density at radius 1 is 1.30 bits per heavy atom. The van der Waals surface area contributed by atoms with Gasteiger partial charge in [0.1, 0.15) is 11.4 Å². The normalized spacial score (nSPS) is 24.4. The molecule has 1 N–H and O–H groups in total.